The first-order chi connectivity index (χ1) is 8.08. The first-order valence-corrected chi connectivity index (χ1v) is 5.58. The van der Waals surface area contributed by atoms with E-state index in [4.69, 9.17) is 10.5 Å². The van der Waals surface area contributed by atoms with Gasteiger partial charge < -0.3 is 15.4 Å². The molecule has 0 spiro atoms. The fourth-order valence-electron chi connectivity index (χ4n) is 1.88. The molecule has 1 aliphatic rings. The quantitative estimate of drug-likeness (QED) is 0.876. The smallest absolute Gasteiger partial charge is 0.253 e. The molecule has 0 aliphatic carbocycles. The van der Waals surface area contributed by atoms with Crippen molar-refractivity contribution in [2.45, 2.75) is 18.9 Å². The Morgan fingerprint density at radius 1 is 1.47 bits per heavy atom. The highest BCUT2D eigenvalue weighted by Crippen LogP contribution is 2.31. The largest absolute Gasteiger partial charge is 0.490 e. The van der Waals surface area contributed by atoms with Crippen LogP contribution in [0.15, 0.2) is 18.2 Å². The van der Waals surface area contributed by atoms with E-state index in [1.807, 2.05) is 19.2 Å². The van der Waals surface area contributed by atoms with Gasteiger partial charge in [0.25, 0.3) is 6.43 Å². The number of fused-ring (bicyclic) bond motifs is 1. The predicted octanol–water partition coefficient (Wildman–Crippen LogP) is 1.65. The fraction of sp³-hybridized carbons (Fsp3) is 0.500. The third-order valence-corrected chi connectivity index (χ3v) is 2.91. The SMILES string of the molecule is CN1CCOc2ccc(CC(N)C(F)F)cc21. The molecule has 1 aromatic carbocycles. The third-order valence-electron chi connectivity index (χ3n) is 2.91. The van der Waals surface area contributed by atoms with Crippen molar-refractivity contribution in [3.05, 3.63) is 23.8 Å². The molecule has 5 heteroatoms. The van der Waals surface area contributed by atoms with E-state index in [1.54, 1.807) is 6.07 Å². The molecule has 1 unspecified atom stereocenters. The van der Waals surface area contributed by atoms with Gasteiger partial charge in [0.1, 0.15) is 12.4 Å². The van der Waals surface area contributed by atoms with E-state index in [9.17, 15) is 8.78 Å². The van der Waals surface area contributed by atoms with Gasteiger partial charge in [0.2, 0.25) is 0 Å². The number of halogens is 2. The lowest BCUT2D eigenvalue weighted by Gasteiger charge is -2.28. The topological polar surface area (TPSA) is 38.5 Å². The zero-order valence-corrected chi connectivity index (χ0v) is 9.70. The van der Waals surface area contributed by atoms with Gasteiger partial charge in [0, 0.05) is 7.05 Å². The zero-order valence-electron chi connectivity index (χ0n) is 9.70. The lowest BCUT2D eigenvalue weighted by atomic mass is 10.0. The van der Waals surface area contributed by atoms with E-state index in [2.05, 4.69) is 4.90 Å². The summed E-state index contributed by atoms with van der Waals surface area (Å²) in [6, 6.07) is 4.37. The van der Waals surface area contributed by atoms with Crippen LogP contribution in [0.1, 0.15) is 5.56 Å². The van der Waals surface area contributed by atoms with Gasteiger partial charge in [-0.25, -0.2) is 8.78 Å². The number of benzene rings is 1. The van der Waals surface area contributed by atoms with Crippen molar-refractivity contribution in [3.63, 3.8) is 0 Å². The van der Waals surface area contributed by atoms with Crippen molar-refractivity contribution < 1.29 is 13.5 Å². The average molecular weight is 242 g/mol. The van der Waals surface area contributed by atoms with Crippen molar-refractivity contribution in [1.29, 1.82) is 0 Å². The van der Waals surface area contributed by atoms with Crippen LogP contribution < -0.4 is 15.4 Å². The summed E-state index contributed by atoms with van der Waals surface area (Å²) in [5, 5.41) is 0. The van der Waals surface area contributed by atoms with Crippen LogP contribution in [0.5, 0.6) is 5.75 Å². The Labute approximate surface area is 99.2 Å². The van der Waals surface area contributed by atoms with Gasteiger partial charge in [-0.3, -0.25) is 0 Å². The Balaban J connectivity index is 2.18. The van der Waals surface area contributed by atoms with Gasteiger partial charge in [-0.15, -0.1) is 0 Å². The lowest BCUT2D eigenvalue weighted by Crippen LogP contribution is -2.31. The van der Waals surface area contributed by atoms with E-state index >= 15 is 0 Å². The zero-order chi connectivity index (χ0) is 12.4. The molecule has 0 amide bonds. The molecule has 0 saturated carbocycles. The summed E-state index contributed by atoms with van der Waals surface area (Å²) in [4.78, 5) is 2.05. The van der Waals surface area contributed by atoms with Crippen molar-refractivity contribution >= 4 is 5.69 Å². The molecule has 0 saturated heterocycles. The van der Waals surface area contributed by atoms with Crippen molar-refractivity contribution in [3.8, 4) is 5.75 Å². The summed E-state index contributed by atoms with van der Waals surface area (Å²) in [5.41, 5.74) is 7.12. The Morgan fingerprint density at radius 3 is 2.94 bits per heavy atom. The van der Waals surface area contributed by atoms with Crippen LogP contribution in [0, 0.1) is 0 Å². The minimum atomic E-state index is -2.49. The first kappa shape index (κ1) is 12.1. The molecular weight excluding hydrogens is 226 g/mol. The molecule has 94 valence electrons. The van der Waals surface area contributed by atoms with Gasteiger partial charge in [0.15, 0.2) is 0 Å². The van der Waals surface area contributed by atoms with E-state index in [0.29, 0.717) is 6.61 Å². The van der Waals surface area contributed by atoms with Crippen LogP contribution in [0.4, 0.5) is 14.5 Å². The molecule has 0 bridgehead atoms. The van der Waals surface area contributed by atoms with Crippen LogP contribution in [-0.4, -0.2) is 32.7 Å². The van der Waals surface area contributed by atoms with E-state index < -0.39 is 12.5 Å². The minimum absolute atomic E-state index is 0.179. The summed E-state index contributed by atoms with van der Waals surface area (Å²) < 4.78 is 30.2. The second-order valence-electron chi connectivity index (χ2n) is 4.27. The summed E-state index contributed by atoms with van der Waals surface area (Å²) >= 11 is 0. The Bertz CT molecular complexity index is 398. The molecule has 3 nitrogen and oxygen atoms in total. The van der Waals surface area contributed by atoms with Crippen LogP contribution in [0.25, 0.3) is 0 Å². The molecule has 0 aromatic heterocycles. The number of anilines is 1. The second kappa shape index (κ2) is 4.87. The average Bonchev–Trinajstić information content (AvgIpc) is 2.30. The van der Waals surface area contributed by atoms with Gasteiger partial charge >= 0.3 is 0 Å². The van der Waals surface area contributed by atoms with Gasteiger partial charge in [0.05, 0.1) is 18.3 Å². The molecule has 2 rings (SSSR count). The molecule has 17 heavy (non-hydrogen) atoms. The maximum absolute atomic E-state index is 12.4. The van der Waals surface area contributed by atoms with Crippen molar-refractivity contribution in [1.82, 2.24) is 0 Å². The summed E-state index contributed by atoms with van der Waals surface area (Å²) in [5.74, 6) is 0.799. The van der Waals surface area contributed by atoms with E-state index in [-0.39, 0.29) is 6.42 Å². The van der Waals surface area contributed by atoms with Crippen LogP contribution in [-0.2, 0) is 6.42 Å². The number of likely N-dealkylation sites (N-methyl/N-ethyl adjacent to an activating group) is 1. The fourth-order valence-corrected chi connectivity index (χ4v) is 1.88. The standard InChI is InChI=1S/C12H16F2N2O/c1-16-4-5-17-11-3-2-8(7-10(11)16)6-9(15)12(13)14/h2-3,7,9,12H,4-6,15H2,1H3. The highest BCUT2D eigenvalue weighted by Gasteiger charge is 2.19. The van der Waals surface area contributed by atoms with Gasteiger partial charge in [-0.05, 0) is 24.1 Å². The highest BCUT2D eigenvalue weighted by molar-refractivity contribution is 5.61. The monoisotopic (exact) mass is 242 g/mol. The van der Waals surface area contributed by atoms with Gasteiger partial charge in [-0.2, -0.15) is 0 Å². The van der Waals surface area contributed by atoms with Gasteiger partial charge in [-0.1, -0.05) is 6.07 Å². The number of hydrogen-bond acceptors (Lipinski definition) is 3. The second-order valence-corrected chi connectivity index (χ2v) is 4.27. The van der Waals surface area contributed by atoms with Crippen LogP contribution >= 0.6 is 0 Å². The Hall–Kier alpha value is -1.36. The molecule has 1 atom stereocenters. The maximum atomic E-state index is 12.4. The number of hydrogen-bond donors (Lipinski definition) is 1. The lowest BCUT2D eigenvalue weighted by molar-refractivity contribution is 0.116. The molecule has 2 N–H and O–H groups in total. The number of ether oxygens (including phenoxy) is 1. The number of nitrogens with zero attached hydrogens (tertiary/aromatic N) is 1. The molecule has 1 heterocycles. The first-order valence-electron chi connectivity index (χ1n) is 5.58. The maximum Gasteiger partial charge on any atom is 0.253 e. The third kappa shape index (κ3) is 2.66. The Morgan fingerprint density at radius 2 is 2.24 bits per heavy atom. The van der Waals surface area contributed by atoms with Crippen LogP contribution in [0.3, 0.4) is 0 Å². The summed E-state index contributed by atoms with van der Waals surface area (Å²) in [7, 11) is 1.96. The highest BCUT2D eigenvalue weighted by atomic mass is 19.3. The number of alkyl halides is 2. The summed E-state index contributed by atoms with van der Waals surface area (Å²) in [6.45, 7) is 1.46. The minimum Gasteiger partial charge on any atom is -0.490 e. The van der Waals surface area contributed by atoms with Crippen molar-refractivity contribution in [2.75, 3.05) is 25.1 Å². The van der Waals surface area contributed by atoms with Crippen LogP contribution in [0.2, 0.25) is 0 Å². The number of nitrogens with two attached hydrogens (primary N) is 1. The molecular formula is C12H16F2N2O. The van der Waals surface area contributed by atoms with E-state index in [1.165, 1.54) is 0 Å². The molecule has 0 radical (unpaired) electrons. The number of rotatable bonds is 3. The molecule has 1 aromatic rings. The summed E-state index contributed by atoms with van der Waals surface area (Å²) in [6.07, 6.45) is -2.31. The predicted molar refractivity (Wildman–Crippen MR) is 62.9 cm³/mol. The molecule has 0 fully saturated rings. The Kier molecular flexibility index (Phi) is 3.47. The molecule has 1 aliphatic heterocycles. The normalized spacial score (nSPS) is 16.6. The van der Waals surface area contributed by atoms with E-state index in [0.717, 1.165) is 23.5 Å². The van der Waals surface area contributed by atoms with Crippen molar-refractivity contribution in [2.24, 2.45) is 5.73 Å².